The molecule has 6 heteroatoms. The largest absolute Gasteiger partial charge is 0.327 e. The molecule has 1 atom stereocenters. The second kappa shape index (κ2) is 5.70. The van der Waals surface area contributed by atoms with Crippen molar-refractivity contribution < 1.29 is 9.69 Å². The first-order chi connectivity index (χ1) is 11.2. The predicted molar refractivity (Wildman–Crippen MR) is 96.1 cm³/mol. The van der Waals surface area contributed by atoms with E-state index >= 15 is 0 Å². The minimum Gasteiger partial charge on any atom is -0.327 e. The Bertz CT molecular complexity index is 864. The Kier molecular flexibility index (Phi) is 3.67. The highest BCUT2D eigenvalue weighted by Gasteiger charge is 2.31. The number of carbonyl (C=O) groups is 1. The maximum atomic E-state index is 11.6. The number of hydrogen-bond donors (Lipinski definition) is 2. The van der Waals surface area contributed by atoms with Gasteiger partial charge in [0.1, 0.15) is 23.1 Å². The first-order valence-corrected chi connectivity index (χ1v) is 9.40. The van der Waals surface area contributed by atoms with E-state index in [4.69, 9.17) is 4.98 Å². The topological polar surface area (TPSA) is 46.4 Å². The van der Waals surface area contributed by atoms with Crippen LogP contribution in [0.4, 0.5) is 5.00 Å². The molecular formula is C17H18N3OS2+. The number of nitrogens with one attached hydrogen (secondary N) is 2. The molecule has 0 saturated carbocycles. The summed E-state index contributed by atoms with van der Waals surface area (Å²) in [5.41, 5.74) is 3.54. The lowest BCUT2D eigenvalue weighted by Crippen LogP contribution is -3.07. The number of fused-ring (bicyclic) bond motifs is 2. The Morgan fingerprint density at radius 2 is 2.13 bits per heavy atom. The molecular weight excluding hydrogens is 326 g/mol. The van der Waals surface area contributed by atoms with Crippen LogP contribution in [0.1, 0.15) is 24.3 Å². The first-order valence-electron chi connectivity index (χ1n) is 7.77. The molecule has 0 spiro atoms. The third-order valence-corrected chi connectivity index (χ3v) is 6.43. The first kappa shape index (κ1) is 14.8. The fourth-order valence-corrected chi connectivity index (χ4v) is 5.53. The normalized spacial score (nSPS) is 16.7. The van der Waals surface area contributed by atoms with Crippen molar-refractivity contribution in [2.24, 2.45) is 0 Å². The van der Waals surface area contributed by atoms with Gasteiger partial charge in [0.15, 0.2) is 0 Å². The molecule has 1 amide bonds. The lowest BCUT2D eigenvalue weighted by Gasteiger charge is -2.10. The molecule has 4 rings (SSSR count). The van der Waals surface area contributed by atoms with Crippen LogP contribution in [0.2, 0.25) is 0 Å². The lowest BCUT2D eigenvalue weighted by molar-refractivity contribution is -0.918. The van der Waals surface area contributed by atoms with Crippen molar-refractivity contribution in [1.82, 2.24) is 4.98 Å². The quantitative estimate of drug-likeness (QED) is 0.767. The van der Waals surface area contributed by atoms with Crippen molar-refractivity contribution in [2.45, 2.75) is 26.9 Å². The van der Waals surface area contributed by atoms with Gasteiger partial charge in [-0.05, 0) is 19.1 Å². The number of hydrogen-bond acceptors (Lipinski definition) is 4. The van der Waals surface area contributed by atoms with Crippen LogP contribution in [0.25, 0.3) is 20.8 Å². The van der Waals surface area contributed by atoms with E-state index in [1.807, 2.05) is 18.2 Å². The molecule has 0 aliphatic carbocycles. The second-order valence-corrected chi connectivity index (χ2v) is 7.97. The Labute approximate surface area is 142 Å². The number of amides is 1. The number of anilines is 1. The summed E-state index contributed by atoms with van der Waals surface area (Å²) in [6, 6.07) is 8.20. The highest BCUT2D eigenvalue weighted by Crippen LogP contribution is 2.44. The van der Waals surface area contributed by atoms with Gasteiger partial charge < -0.3 is 10.2 Å². The Morgan fingerprint density at radius 1 is 1.30 bits per heavy atom. The van der Waals surface area contributed by atoms with Gasteiger partial charge in [0.25, 0.3) is 0 Å². The summed E-state index contributed by atoms with van der Waals surface area (Å²) in [5.74, 6) is -0.0213. The highest BCUT2D eigenvalue weighted by molar-refractivity contribution is 7.22. The molecule has 4 nitrogen and oxygen atoms in total. The van der Waals surface area contributed by atoms with E-state index in [0.29, 0.717) is 0 Å². The number of aromatic nitrogens is 1. The van der Waals surface area contributed by atoms with Gasteiger partial charge in [-0.25, -0.2) is 4.98 Å². The van der Waals surface area contributed by atoms with E-state index in [1.54, 1.807) is 34.5 Å². The Morgan fingerprint density at radius 3 is 2.87 bits per heavy atom. The third-order valence-electron chi connectivity index (χ3n) is 4.23. The summed E-state index contributed by atoms with van der Waals surface area (Å²) >= 11 is 3.42. The minimum atomic E-state index is -0.0213. The molecule has 0 radical (unpaired) electrons. The monoisotopic (exact) mass is 344 g/mol. The third kappa shape index (κ3) is 2.56. The molecule has 0 fully saturated rings. The van der Waals surface area contributed by atoms with E-state index in [2.05, 4.69) is 18.3 Å². The van der Waals surface area contributed by atoms with Gasteiger partial charge in [-0.1, -0.05) is 12.1 Å². The number of para-hydroxylation sites is 1. The van der Waals surface area contributed by atoms with Crippen molar-refractivity contribution in [3.05, 3.63) is 34.7 Å². The molecule has 23 heavy (non-hydrogen) atoms. The van der Waals surface area contributed by atoms with Crippen LogP contribution in [0.5, 0.6) is 0 Å². The smallest absolute Gasteiger partial charge is 0.221 e. The molecule has 1 aliphatic rings. The van der Waals surface area contributed by atoms with Crippen LogP contribution in [-0.2, 0) is 17.9 Å². The van der Waals surface area contributed by atoms with E-state index in [9.17, 15) is 4.79 Å². The zero-order valence-electron chi connectivity index (χ0n) is 13.1. The second-order valence-electron chi connectivity index (χ2n) is 5.83. The molecule has 0 saturated heterocycles. The number of rotatable bonds is 3. The van der Waals surface area contributed by atoms with Crippen molar-refractivity contribution in [3.8, 4) is 10.6 Å². The minimum absolute atomic E-state index is 0.0213. The number of benzene rings is 1. The molecule has 3 aromatic rings. The van der Waals surface area contributed by atoms with E-state index < -0.39 is 0 Å². The fraction of sp³-hybridized carbons (Fsp3) is 0.294. The number of carbonyl (C=O) groups excluding carboxylic acids is 1. The van der Waals surface area contributed by atoms with Crippen LogP contribution in [0.15, 0.2) is 24.3 Å². The van der Waals surface area contributed by atoms with Crippen LogP contribution >= 0.6 is 22.7 Å². The summed E-state index contributed by atoms with van der Waals surface area (Å²) in [7, 11) is 0. The average Bonchev–Trinajstić information content (AvgIpc) is 3.17. The number of thiazole rings is 1. The maximum absolute atomic E-state index is 11.6. The van der Waals surface area contributed by atoms with Gasteiger partial charge in [0, 0.05) is 12.5 Å². The number of quaternary nitrogens is 1. The molecule has 2 N–H and O–H groups in total. The molecule has 0 bridgehead atoms. The molecule has 1 aromatic carbocycles. The van der Waals surface area contributed by atoms with Crippen molar-refractivity contribution in [3.63, 3.8) is 0 Å². The Balaban J connectivity index is 1.87. The molecule has 118 valence electrons. The fourth-order valence-electron chi connectivity index (χ4n) is 3.08. The van der Waals surface area contributed by atoms with Crippen LogP contribution in [0.3, 0.4) is 0 Å². The summed E-state index contributed by atoms with van der Waals surface area (Å²) in [5, 5.41) is 4.99. The van der Waals surface area contributed by atoms with E-state index in [1.165, 1.54) is 15.1 Å². The zero-order valence-corrected chi connectivity index (χ0v) is 14.7. The number of thiophene rings is 1. The summed E-state index contributed by atoms with van der Waals surface area (Å²) in [6.07, 6.45) is 0. The van der Waals surface area contributed by atoms with Gasteiger partial charge >= 0.3 is 0 Å². The van der Waals surface area contributed by atoms with Gasteiger partial charge in [0.05, 0.1) is 27.2 Å². The van der Waals surface area contributed by atoms with Crippen LogP contribution in [-0.4, -0.2) is 17.4 Å². The zero-order chi connectivity index (χ0) is 16.0. The average molecular weight is 344 g/mol. The van der Waals surface area contributed by atoms with Crippen LogP contribution in [0, 0.1) is 0 Å². The van der Waals surface area contributed by atoms with Gasteiger partial charge in [-0.15, -0.1) is 22.7 Å². The molecule has 1 aliphatic heterocycles. The lowest BCUT2D eigenvalue weighted by atomic mass is 10.1. The maximum Gasteiger partial charge on any atom is 0.221 e. The van der Waals surface area contributed by atoms with Crippen molar-refractivity contribution in [2.75, 3.05) is 11.9 Å². The molecule has 1 unspecified atom stereocenters. The van der Waals surface area contributed by atoms with Crippen LogP contribution < -0.4 is 10.2 Å². The predicted octanol–water partition coefficient (Wildman–Crippen LogP) is 2.90. The molecule has 2 aromatic heterocycles. The van der Waals surface area contributed by atoms with E-state index in [0.717, 1.165) is 40.7 Å². The van der Waals surface area contributed by atoms with E-state index in [-0.39, 0.29) is 5.91 Å². The molecule has 3 heterocycles. The van der Waals surface area contributed by atoms with Crippen molar-refractivity contribution >= 4 is 43.8 Å². The Hall–Kier alpha value is -1.76. The summed E-state index contributed by atoms with van der Waals surface area (Å²) < 4.78 is 1.19. The number of nitrogens with zero attached hydrogens (tertiary/aromatic N) is 1. The SMILES string of the molecule is CC[NH+]1Cc2sc(NC(C)=O)c(-c3nc4ccccc4s3)c2C1. The van der Waals surface area contributed by atoms with Gasteiger partial charge in [-0.2, -0.15) is 0 Å². The summed E-state index contributed by atoms with van der Waals surface area (Å²) in [6.45, 7) is 6.98. The van der Waals surface area contributed by atoms with Crippen molar-refractivity contribution in [1.29, 1.82) is 0 Å². The van der Waals surface area contributed by atoms with Gasteiger partial charge in [0.2, 0.25) is 5.91 Å². The standard InChI is InChI=1S/C17H17N3OS2/c1-3-20-8-11-14(9-20)23-16(18-10(2)21)15(11)17-19-12-6-4-5-7-13(12)22-17/h4-7H,3,8-9H2,1-2H3,(H,18,21)/p+1. The van der Waals surface area contributed by atoms with Gasteiger partial charge in [-0.3, -0.25) is 4.79 Å². The summed E-state index contributed by atoms with van der Waals surface area (Å²) in [4.78, 5) is 19.4. The highest BCUT2D eigenvalue weighted by atomic mass is 32.1.